The molecule has 0 rings (SSSR count). The van der Waals surface area contributed by atoms with Gasteiger partial charge in [-0.15, -0.1) is 0 Å². The number of hydrogen-bond donors (Lipinski definition) is 0. The molecule has 67 valence electrons. The molecule has 0 atom stereocenters. The van der Waals surface area contributed by atoms with Gasteiger partial charge in [0.1, 0.15) is 5.75 Å². The second-order valence-corrected chi connectivity index (χ2v) is 4.24. The van der Waals surface area contributed by atoms with Gasteiger partial charge >= 0.3 is 6.18 Å². The molecule has 0 spiro atoms. The normalized spacial score (nSPS) is 13.5. The summed E-state index contributed by atoms with van der Waals surface area (Å²) in [7, 11) is -3.98. The molecule has 0 N–H and O–H groups in total. The van der Waals surface area contributed by atoms with Gasteiger partial charge in [0.2, 0.25) is 0 Å². The van der Waals surface area contributed by atoms with Crippen LogP contribution in [0.2, 0.25) is 0 Å². The van der Waals surface area contributed by atoms with Gasteiger partial charge in [-0.25, -0.2) is 8.42 Å². The van der Waals surface area contributed by atoms with Crippen LogP contribution in [-0.2, 0) is 9.84 Å². The molecular weight excluding hydrogens is 181 g/mol. The summed E-state index contributed by atoms with van der Waals surface area (Å²) in [6.07, 6.45) is -4.66. The Morgan fingerprint density at radius 3 is 2.00 bits per heavy atom. The summed E-state index contributed by atoms with van der Waals surface area (Å²) in [6.45, 7) is 3.15. The topological polar surface area (TPSA) is 34.1 Å². The third-order valence-electron chi connectivity index (χ3n) is 0.839. The Kier molecular flexibility index (Phi) is 3.34. The molecule has 0 saturated carbocycles. The Labute approximate surface area is 63.3 Å². The third-order valence-corrected chi connectivity index (χ3v) is 2.52. The van der Waals surface area contributed by atoms with Gasteiger partial charge in [-0.2, -0.15) is 13.2 Å². The molecule has 0 aliphatic carbocycles. The minimum absolute atomic E-state index is 0.0294. The van der Waals surface area contributed by atoms with E-state index < -0.39 is 27.5 Å². The van der Waals surface area contributed by atoms with Crippen LogP contribution >= 0.6 is 0 Å². The van der Waals surface area contributed by atoms with Crippen molar-refractivity contribution in [3.63, 3.8) is 0 Å². The van der Waals surface area contributed by atoms with Gasteiger partial charge in [-0.3, -0.25) is 0 Å². The van der Waals surface area contributed by atoms with Gasteiger partial charge in [-0.05, 0) is 6.42 Å². The van der Waals surface area contributed by atoms with E-state index in [1.165, 1.54) is 0 Å². The molecule has 0 heterocycles. The second-order valence-electron chi connectivity index (χ2n) is 2.06. The molecule has 0 fully saturated rings. The lowest BCUT2D eigenvalue weighted by atomic mass is 10.6. The average molecular weight is 189 g/mol. The molecule has 2 nitrogen and oxygen atoms in total. The zero-order valence-corrected chi connectivity index (χ0v) is 6.50. The molecule has 11 heavy (non-hydrogen) atoms. The molecule has 0 aromatic carbocycles. The van der Waals surface area contributed by atoms with Crippen molar-refractivity contribution >= 4 is 9.84 Å². The SMILES string of the molecule is [CH2]CCS(=O)(=O)CC(F)(F)F. The van der Waals surface area contributed by atoms with Gasteiger partial charge in [0.15, 0.2) is 9.84 Å². The minimum atomic E-state index is -4.63. The van der Waals surface area contributed by atoms with Crippen molar-refractivity contribution in [2.75, 3.05) is 11.5 Å². The summed E-state index contributed by atoms with van der Waals surface area (Å²) >= 11 is 0. The maximum Gasteiger partial charge on any atom is 0.402 e. The summed E-state index contributed by atoms with van der Waals surface area (Å²) < 4.78 is 55.4. The largest absolute Gasteiger partial charge is 0.402 e. The van der Waals surface area contributed by atoms with Crippen LogP contribution in [0.4, 0.5) is 13.2 Å². The van der Waals surface area contributed by atoms with Crippen LogP contribution in [0.3, 0.4) is 0 Å². The highest BCUT2D eigenvalue weighted by Gasteiger charge is 2.34. The summed E-state index contributed by atoms with van der Waals surface area (Å²) in [4.78, 5) is 0. The lowest BCUT2D eigenvalue weighted by Gasteiger charge is -2.05. The molecule has 0 aromatic rings. The molecule has 0 aromatic heterocycles. The van der Waals surface area contributed by atoms with Crippen LogP contribution in [0, 0.1) is 6.92 Å². The Hall–Kier alpha value is -0.260. The van der Waals surface area contributed by atoms with Gasteiger partial charge in [0, 0.05) is 0 Å². The maximum atomic E-state index is 11.5. The second kappa shape index (κ2) is 3.42. The summed E-state index contributed by atoms with van der Waals surface area (Å²) in [5.41, 5.74) is 0. The molecule has 6 heteroatoms. The van der Waals surface area contributed by atoms with Crippen LogP contribution in [0.25, 0.3) is 0 Å². The summed E-state index contributed by atoms with van der Waals surface area (Å²) in [5, 5.41) is 0. The van der Waals surface area contributed by atoms with Crippen molar-refractivity contribution < 1.29 is 21.6 Å². The summed E-state index contributed by atoms with van der Waals surface area (Å²) in [5.74, 6) is -2.25. The van der Waals surface area contributed by atoms with Crippen molar-refractivity contribution in [3.05, 3.63) is 6.92 Å². The average Bonchev–Trinajstić information content (AvgIpc) is 1.55. The van der Waals surface area contributed by atoms with Crippen LogP contribution in [0.15, 0.2) is 0 Å². The van der Waals surface area contributed by atoms with E-state index in [2.05, 4.69) is 6.92 Å². The standard InChI is InChI=1S/C5H8F3O2S/c1-2-3-11(9,10)4-5(6,7)8/h1-4H2. The quantitative estimate of drug-likeness (QED) is 0.668. The van der Waals surface area contributed by atoms with E-state index in [9.17, 15) is 21.6 Å². The van der Waals surface area contributed by atoms with Crippen LogP contribution in [0.5, 0.6) is 0 Å². The molecule has 1 radical (unpaired) electrons. The van der Waals surface area contributed by atoms with Gasteiger partial charge in [-0.1, -0.05) is 6.92 Å². The van der Waals surface area contributed by atoms with Gasteiger partial charge in [0.25, 0.3) is 0 Å². The molecule has 0 aliphatic heterocycles. The van der Waals surface area contributed by atoms with Gasteiger partial charge in [0.05, 0.1) is 5.75 Å². The fourth-order valence-electron chi connectivity index (χ4n) is 0.541. The number of alkyl halides is 3. The smallest absolute Gasteiger partial charge is 0.228 e. The van der Waals surface area contributed by atoms with Crippen molar-refractivity contribution in [1.29, 1.82) is 0 Å². The van der Waals surface area contributed by atoms with Crippen LogP contribution < -0.4 is 0 Å². The zero-order valence-electron chi connectivity index (χ0n) is 5.69. The molecule has 0 unspecified atom stereocenters. The minimum Gasteiger partial charge on any atom is -0.228 e. The molecular formula is C5H8F3O2S. The Morgan fingerprint density at radius 1 is 1.27 bits per heavy atom. The van der Waals surface area contributed by atoms with Crippen LogP contribution in [0.1, 0.15) is 6.42 Å². The first-order valence-electron chi connectivity index (χ1n) is 2.83. The first kappa shape index (κ1) is 10.7. The number of hydrogen-bond acceptors (Lipinski definition) is 2. The highest BCUT2D eigenvalue weighted by Crippen LogP contribution is 2.17. The Bertz CT molecular complexity index is 204. The third kappa shape index (κ3) is 6.15. The van der Waals surface area contributed by atoms with Crippen LogP contribution in [-0.4, -0.2) is 26.1 Å². The fraction of sp³-hybridized carbons (Fsp3) is 0.800. The van der Waals surface area contributed by atoms with E-state index in [1.54, 1.807) is 0 Å². The van der Waals surface area contributed by atoms with Crippen molar-refractivity contribution in [2.45, 2.75) is 12.6 Å². The van der Waals surface area contributed by atoms with E-state index >= 15 is 0 Å². The predicted molar refractivity (Wildman–Crippen MR) is 34.7 cm³/mol. The predicted octanol–water partition coefficient (Wildman–Crippen LogP) is 1.19. The molecule has 0 bridgehead atoms. The highest BCUT2D eigenvalue weighted by molar-refractivity contribution is 7.91. The van der Waals surface area contributed by atoms with E-state index in [0.717, 1.165) is 0 Å². The summed E-state index contributed by atoms with van der Waals surface area (Å²) in [6, 6.07) is 0. The Morgan fingerprint density at radius 2 is 1.73 bits per heavy atom. The maximum absolute atomic E-state index is 11.5. The van der Waals surface area contributed by atoms with E-state index in [0.29, 0.717) is 0 Å². The molecule has 0 saturated heterocycles. The number of sulfone groups is 1. The first-order chi connectivity index (χ1) is 4.77. The van der Waals surface area contributed by atoms with E-state index in [1.807, 2.05) is 0 Å². The first-order valence-corrected chi connectivity index (χ1v) is 4.65. The lowest BCUT2D eigenvalue weighted by Crippen LogP contribution is -2.24. The zero-order chi connectivity index (χ0) is 9.12. The van der Waals surface area contributed by atoms with Crippen molar-refractivity contribution in [2.24, 2.45) is 0 Å². The number of halogens is 3. The molecule has 0 aliphatic rings. The molecule has 0 amide bonds. The Balaban J connectivity index is 4.15. The number of rotatable bonds is 3. The fourth-order valence-corrected chi connectivity index (χ4v) is 1.62. The highest BCUT2D eigenvalue weighted by atomic mass is 32.2. The monoisotopic (exact) mass is 189 g/mol. The van der Waals surface area contributed by atoms with E-state index in [4.69, 9.17) is 0 Å². The van der Waals surface area contributed by atoms with E-state index in [-0.39, 0.29) is 6.42 Å². The van der Waals surface area contributed by atoms with Gasteiger partial charge < -0.3 is 0 Å². The van der Waals surface area contributed by atoms with Crippen molar-refractivity contribution in [3.8, 4) is 0 Å². The lowest BCUT2D eigenvalue weighted by molar-refractivity contribution is -0.106. The van der Waals surface area contributed by atoms with Crippen molar-refractivity contribution in [1.82, 2.24) is 0 Å².